The maximum absolute atomic E-state index is 6.64. The Morgan fingerprint density at radius 3 is 1.63 bits per heavy atom. The van der Waals surface area contributed by atoms with Crippen LogP contribution in [0.4, 0.5) is 0 Å². The molecular formula is C56H33N3O. The molecule has 3 aromatic heterocycles. The third kappa shape index (κ3) is 4.59. The summed E-state index contributed by atoms with van der Waals surface area (Å²) in [7, 11) is 0. The second kappa shape index (κ2) is 12.5. The lowest BCUT2D eigenvalue weighted by molar-refractivity contribution is 0.436. The normalized spacial score (nSPS) is 13.3. The molecule has 8 aromatic carbocycles. The highest BCUT2D eigenvalue weighted by molar-refractivity contribution is 6.19. The van der Waals surface area contributed by atoms with E-state index in [0.717, 1.165) is 99.9 Å². The number of ether oxygens (including phenoxy) is 1. The van der Waals surface area contributed by atoms with Crippen molar-refractivity contribution in [2.75, 3.05) is 0 Å². The Balaban J connectivity index is 1.09. The number of pyridine rings is 3. The van der Waals surface area contributed by atoms with E-state index in [-0.39, 0.29) is 0 Å². The van der Waals surface area contributed by atoms with Crippen LogP contribution in [0.25, 0.3) is 88.4 Å². The summed E-state index contributed by atoms with van der Waals surface area (Å²) in [5.41, 5.74) is 15.3. The summed E-state index contributed by atoms with van der Waals surface area (Å²) in [6.07, 6.45) is 0. The molecule has 60 heavy (non-hydrogen) atoms. The van der Waals surface area contributed by atoms with Crippen LogP contribution in [-0.2, 0) is 5.41 Å². The average molecular weight is 764 g/mol. The summed E-state index contributed by atoms with van der Waals surface area (Å²) < 4.78 is 6.64. The molecule has 1 aliphatic carbocycles. The van der Waals surface area contributed by atoms with Crippen molar-refractivity contribution in [3.05, 3.63) is 222 Å². The molecule has 0 saturated carbocycles. The molecule has 0 bridgehead atoms. The Morgan fingerprint density at radius 2 is 0.950 bits per heavy atom. The number of para-hydroxylation sites is 2. The number of aromatic nitrogens is 3. The summed E-state index contributed by atoms with van der Waals surface area (Å²) in [6.45, 7) is 0. The van der Waals surface area contributed by atoms with Gasteiger partial charge in [0, 0.05) is 49.4 Å². The molecule has 13 rings (SSSR count). The number of hydrogen-bond acceptors (Lipinski definition) is 4. The van der Waals surface area contributed by atoms with Crippen molar-refractivity contribution in [1.82, 2.24) is 15.0 Å². The van der Waals surface area contributed by atoms with Crippen LogP contribution in [0.1, 0.15) is 22.3 Å². The van der Waals surface area contributed by atoms with Crippen molar-refractivity contribution in [3.8, 4) is 56.4 Å². The van der Waals surface area contributed by atoms with Crippen LogP contribution in [0.15, 0.2) is 200 Å². The standard InChI is InChI=1S/C56H33N3O/c1-3-13-34(14-4-1)46-30-25-36-23-24-37-26-31-47(58-55(37)54(36)57-46)38-27-32-48-41(33-38)39-28-29-45-51(52(39)53(59-48)35-15-5-2-6-16-35)40-17-7-8-18-42(40)56(45)43-19-9-11-21-49(43)60-50-22-12-10-20-44(50)56/h1-33H. The zero-order chi connectivity index (χ0) is 39.4. The first-order chi connectivity index (χ1) is 29.7. The monoisotopic (exact) mass is 763 g/mol. The van der Waals surface area contributed by atoms with Gasteiger partial charge in [-0.05, 0) is 64.0 Å². The fraction of sp³-hybridized carbons (Fsp3) is 0.0179. The van der Waals surface area contributed by atoms with Crippen molar-refractivity contribution in [2.24, 2.45) is 0 Å². The predicted octanol–water partition coefficient (Wildman–Crippen LogP) is 14.0. The predicted molar refractivity (Wildman–Crippen MR) is 244 cm³/mol. The minimum Gasteiger partial charge on any atom is -0.457 e. The molecule has 0 fully saturated rings. The van der Waals surface area contributed by atoms with Crippen LogP contribution in [0.3, 0.4) is 0 Å². The van der Waals surface area contributed by atoms with Gasteiger partial charge in [-0.3, -0.25) is 0 Å². The molecular weight excluding hydrogens is 731 g/mol. The van der Waals surface area contributed by atoms with Crippen LogP contribution in [0.5, 0.6) is 11.5 Å². The van der Waals surface area contributed by atoms with E-state index in [2.05, 4.69) is 194 Å². The van der Waals surface area contributed by atoms with Crippen molar-refractivity contribution in [2.45, 2.75) is 5.41 Å². The van der Waals surface area contributed by atoms with Crippen LogP contribution >= 0.6 is 0 Å². The lowest BCUT2D eigenvalue weighted by Crippen LogP contribution is -2.32. The molecule has 4 heteroatoms. The molecule has 2 aliphatic rings. The molecule has 0 N–H and O–H groups in total. The highest BCUT2D eigenvalue weighted by Crippen LogP contribution is 2.63. The summed E-state index contributed by atoms with van der Waals surface area (Å²) in [5.74, 6) is 1.76. The van der Waals surface area contributed by atoms with E-state index in [0.29, 0.717) is 0 Å². The van der Waals surface area contributed by atoms with Gasteiger partial charge in [0.2, 0.25) is 0 Å². The first kappa shape index (κ1) is 33.1. The average Bonchev–Trinajstić information content (AvgIpc) is 3.62. The molecule has 0 saturated heterocycles. The highest BCUT2D eigenvalue weighted by atomic mass is 16.5. The van der Waals surface area contributed by atoms with Crippen molar-refractivity contribution in [1.29, 1.82) is 0 Å². The molecule has 0 amide bonds. The van der Waals surface area contributed by atoms with E-state index < -0.39 is 5.41 Å². The van der Waals surface area contributed by atoms with E-state index in [1.807, 2.05) is 6.07 Å². The number of rotatable bonds is 3. The van der Waals surface area contributed by atoms with Gasteiger partial charge in [0.05, 0.1) is 39.0 Å². The van der Waals surface area contributed by atoms with Crippen LogP contribution in [-0.4, -0.2) is 15.0 Å². The molecule has 0 atom stereocenters. The van der Waals surface area contributed by atoms with Gasteiger partial charge in [-0.25, -0.2) is 15.0 Å². The van der Waals surface area contributed by atoms with Crippen LogP contribution < -0.4 is 4.74 Å². The summed E-state index contributed by atoms with van der Waals surface area (Å²) in [6, 6.07) is 71.1. The maximum Gasteiger partial charge on any atom is 0.132 e. The lowest BCUT2D eigenvalue weighted by atomic mass is 9.66. The molecule has 1 aliphatic heterocycles. The molecule has 278 valence electrons. The Labute approximate surface area is 346 Å². The molecule has 1 spiro atoms. The molecule has 0 radical (unpaired) electrons. The second-order valence-electron chi connectivity index (χ2n) is 15.8. The van der Waals surface area contributed by atoms with E-state index in [1.54, 1.807) is 0 Å². The fourth-order valence-corrected chi connectivity index (χ4v) is 10.1. The molecule has 0 unspecified atom stereocenters. The Hall–Kier alpha value is -7.95. The highest BCUT2D eigenvalue weighted by Gasteiger charge is 2.51. The number of fused-ring (bicyclic) bond motifs is 16. The van der Waals surface area contributed by atoms with Crippen molar-refractivity contribution < 1.29 is 4.74 Å². The first-order valence-corrected chi connectivity index (χ1v) is 20.4. The quantitative estimate of drug-likeness (QED) is 0.168. The zero-order valence-corrected chi connectivity index (χ0v) is 32.3. The van der Waals surface area contributed by atoms with Gasteiger partial charge < -0.3 is 4.74 Å². The number of nitrogens with zero attached hydrogens (tertiary/aromatic N) is 3. The zero-order valence-electron chi connectivity index (χ0n) is 32.3. The number of hydrogen-bond donors (Lipinski definition) is 0. The van der Waals surface area contributed by atoms with Gasteiger partial charge in [-0.2, -0.15) is 0 Å². The van der Waals surface area contributed by atoms with Crippen molar-refractivity contribution in [3.63, 3.8) is 0 Å². The van der Waals surface area contributed by atoms with Crippen LogP contribution in [0.2, 0.25) is 0 Å². The fourth-order valence-electron chi connectivity index (χ4n) is 10.1. The van der Waals surface area contributed by atoms with Crippen molar-refractivity contribution >= 4 is 43.5 Å². The second-order valence-corrected chi connectivity index (χ2v) is 15.8. The number of benzene rings is 8. The SMILES string of the molecule is c1ccc(-c2ccc3ccc4ccc(-c5ccc6nc(-c7ccccc7)c7c8c(ccc7c6c5)C5(c6ccccc6Oc6ccccc65)c5ccccc5-8)nc4c3n2)cc1. The molecule has 11 aromatic rings. The Bertz CT molecular complexity index is 3530. The van der Waals surface area contributed by atoms with Gasteiger partial charge in [0.15, 0.2) is 0 Å². The van der Waals surface area contributed by atoms with E-state index in [1.165, 1.54) is 22.3 Å². The maximum atomic E-state index is 6.64. The third-order valence-corrected chi connectivity index (χ3v) is 12.7. The smallest absolute Gasteiger partial charge is 0.132 e. The van der Waals surface area contributed by atoms with Gasteiger partial charge in [-0.1, -0.05) is 164 Å². The largest absolute Gasteiger partial charge is 0.457 e. The van der Waals surface area contributed by atoms with Gasteiger partial charge in [0.25, 0.3) is 0 Å². The van der Waals surface area contributed by atoms with E-state index >= 15 is 0 Å². The summed E-state index contributed by atoms with van der Waals surface area (Å²) >= 11 is 0. The van der Waals surface area contributed by atoms with E-state index in [4.69, 9.17) is 19.7 Å². The topological polar surface area (TPSA) is 47.9 Å². The first-order valence-electron chi connectivity index (χ1n) is 20.4. The van der Waals surface area contributed by atoms with Gasteiger partial charge in [0.1, 0.15) is 11.5 Å². The summed E-state index contributed by atoms with van der Waals surface area (Å²) in [5, 5.41) is 5.50. The lowest BCUT2D eigenvalue weighted by Gasteiger charge is -2.39. The summed E-state index contributed by atoms with van der Waals surface area (Å²) in [4.78, 5) is 16.1. The Morgan fingerprint density at radius 1 is 0.383 bits per heavy atom. The van der Waals surface area contributed by atoms with Gasteiger partial charge in [-0.15, -0.1) is 0 Å². The molecule has 4 nitrogen and oxygen atoms in total. The minimum atomic E-state index is -0.581. The minimum absolute atomic E-state index is 0.581. The van der Waals surface area contributed by atoms with Crippen LogP contribution in [0, 0.1) is 0 Å². The van der Waals surface area contributed by atoms with E-state index in [9.17, 15) is 0 Å². The Kier molecular flexibility index (Phi) is 6.90. The van der Waals surface area contributed by atoms with Gasteiger partial charge >= 0.3 is 0 Å². The third-order valence-electron chi connectivity index (χ3n) is 12.7. The molecule has 4 heterocycles.